The summed E-state index contributed by atoms with van der Waals surface area (Å²) >= 11 is 0. The van der Waals surface area contributed by atoms with Gasteiger partial charge in [0.25, 0.3) is 0 Å². The number of nitrogens with zero attached hydrogens (tertiary/aromatic N) is 3. The number of carbonyl (C=O) groups excluding carboxylic acids is 1. The van der Waals surface area contributed by atoms with E-state index < -0.39 is 12.0 Å². The number of rotatable bonds is 8. The number of alkyl halides is 2. The number of nitriles is 1. The highest BCUT2D eigenvalue weighted by Gasteiger charge is 2.45. The predicted octanol–water partition coefficient (Wildman–Crippen LogP) is 5.15. The standard InChI is InChI=1S/C24H21F2N3O3/c1-31-19-9-15(10-20(32-23(25)26)22(19)18(30)8-14-2-3-14)17-12-28-21-11-16(4-7-29(17)21)24(13-27)5-6-24/h4,7,9-12,14,23H,2-3,5-6,8H2,1H3. The second-order valence-corrected chi connectivity index (χ2v) is 8.48. The number of ketones is 1. The number of carbonyl (C=O) groups is 1. The van der Waals surface area contributed by atoms with Crippen LogP contribution in [0.25, 0.3) is 16.9 Å². The molecule has 2 aliphatic rings. The van der Waals surface area contributed by atoms with E-state index in [9.17, 15) is 18.8 Å². The number of pyridine rings is 1. The molecule has 2 heterocycles. The maximum Gasteiger partial charge on any atom is 0.387 e. The van der Waals surface area contributed by atoms with Crippen molar-refractivity contribution >= 4 is 11.4 Å². The zero-order valence-electron chi connectivity index (χ0n) is 17.5. The van der Waals surface area contributed by atoms with Crippen LogP contribution in [0.3, 0.4) is 0 Å². The Labute approximate surface area is 183 Å². The van der Waals surface area contributed by atoms with Gasteiger partial charge in [-0.25, -0.2) is 4.98 Å². The van der Waals surface area contributed by atoms with Gasteiger partial charge in [-0.15, -0.1) is 0 Å². The summed E-state index contributed by atoms with van der Waals surface area (Å²) in [6.45, 7) is -3.08. The van der Waals surface area contributed by atoms with Crippen LogP contribution < -0.4 is 9.47 Å². The highest BCUT2D eigenvalue weighted by Crippen LogP contribution is 2.48. The van der Waals surface area contributed by atoms with E-state index in [0.717, 1.165) is 31.2 Å². The summed E-state index contributed by atoms with van der Waals surface area (Å²) in [5.41, 5.74) is 2.34. The van der Waals surface area contributed by atoms with Crippen molar-refractivity contribution < 1.29 is 23.0 Å². The number of ether oxygens (including phenoxy) is 2. The third kappa shape index (κ3) is 3.58. The number of aromatic nitrogens is 2. The number of benzene rings is 1. The lowest BCUT2D eigenvalue weighted by atomic mass is 9.99. The molecule has 0 bridgehead atoms. The lowest BCUT2D eigenvalue weighted by molar-refractivity contribution is -0.0502. The topological polar surface area (TPSA) is 76.6 Å². The van der Waals surface area contributed by atoms with Crippen molar-refractivity contribution in [3.05, 3.63) is 47.8 Å². The van der Waals surface area contributed by atoms with Crippen molar-refractivity contribution in [2.45, 2.75) is 44.1 Å². The number of methoxy groups -OCH3 is 1. The van der Waals surface area contributed by atoms with Gasteiger partial charge in [-0.05, 0) is 61.4 Å². The molecule has 2 aliphatic carbocycles. The van der Waals surface area contributed by atoms with Crippen molar-refractivity contribution in [3.8, 4) is 28.8 Å². The first kappa shape index (κ1) is 20.4. The van der Waals surface area contributed by atoms with Crippen molar-refractivity contribution in [3.63, 3.8) is 0 Å². The second-order valence-electron chi connectivity index (χ2n) is 8.48. The molecule has 5 rings (SSSR count). The molecular weight excluding hydrogens is 416 g/mol. The summed E-state index contributed by atoms with van der Waals surface area (Å²) in [7, 11) is 1.40. The Hall–Kier alpha value is -3.47. The molecule has 0 atom stereocenters. The monoisotopic (exact) mass is 437 g/mol. The maximum absolute atomic E-state index is 13.2. The van der Waals surface area contributed by atoms with Gasteiger partial charge in [-0.3, -0.25) is 9.20 Å². The van der Waals surface area contributed by atoms with Gasteiger partial charge in [0.2, 0.25) is 0 Å². The summed E-state index contributed by atoms with van der Waals surface area (Å²) in [6, 6.07) is 9.22. The van der Waals surface area contributed by atoms with Crippen molar-refractivity contribution in [1.82, 2.24) is 9.38 Å². The molecule has 8 heteroatoms. The number of imidazole rings is 1. The van der Waals surface area contributed by atoms with Crippen LogP contribution in [0.1, 0.15) is 48.0 Å². The van der Waals surface area contributed by atoms with E-state index in [1.54, 1.807) is 12.3 Å². The molecule has 2 aromatic heterocycles. The molecule has 0 radical (unpaired) electrons. The third-order valence-electron chi connectivity index (χ3n) is 6.28. The number of halogens is 2. The van der Waals surface area contributed by atoms with Crippen molar-refractivity contribution in [2.75, 3.05) is 7.11 Å². The molecule has 0 unspecified atom stereocenters. The zero-order valence-corrected chi connectivity index (χ0v) is 17.5. The Balaban J connectivity index is 1.59. The molecule has 3 aromatic rings. The highest BCUT2D eigenvalue weighted by molar-refractivity contribution is 6.02. The molecule has 0 N–H and O–H groups in total. The summed E-state index contributed by atoms with van der Waals surface area (Å²) in [4.78, 5) is 17.2. The molecule has 32 heavy (non-hydrogen) atoms. The molecule has 1 aromatic carbocycles. The van der Waals surface area contributed by atoms with Gasteiger partial charge in [0.15, 0.2) is 5.78 Å². The van der Waals surface area contributed by atoms with E-state index in [1.165, 1.54) is 13.2 Å². The Kier molecular flexibility index (Phi) is 4.85. The highest BCUT2D eigenvalue weighted by atomic mass is 19.3. The van der Waals surface area contributed by atoms with Crippen LogP contribution in [0.4, 0.5) is 8.78 Å². The molecule has 0 spiro atoms. The lowest BCUT2D eigenvalue weighted by Gasteiger charge is -2.16. The van der Waals surface area contributed by atoms with Crippen LogP contribution >= 0.6 is 0 Å². The first-order valence-electron chi connectivity index (χ1n) is 10.5. The van der Waals surface area contributed by atoms with Gasteiger partial charge in [-0.1, -0.05) is 0 Å². The van der Waals surface area contributed by atoms with Crippen LogP contribution in [0.2, 0.25) is 0 Å². The Morgan fingerprint density at radius 3 is 2.69 bits per heavy atom. The molecule has 164 valence electrons. The van der Waals surface area contributed by atoms with Crippen molar-refractivity contribution in [1.29, 1.82) is 5.26 Å². The van der Waals surface area contributed by atoms with Gasteiger partial charge in [0.05, 0.1) is 30.5 Å². The fourth-order valence-electron chi connectivity index (χ4n) is 4.13. The van der Waals surface area contributed by atoms with Gasteiger partial charge in [-0.2, -0.15) is 14.0 Å². The van der Waals surface area contributed by atoms with Gasteiger partial charge < -0.3 is 9.47 Å². The Bertz CT molecular complexity index is 1250. The number of hydrogen-bond donors (Lipinski definition) is 0. The fraction of sp³-hybridized carbons (Fsp3) is 0.375. The molecule has 0 amide bonds. The number of Topliss-reactive ketones (excluding diaryl/α,β-unsaturated/α-hetero) is 1. The van der Waals surface area contributed by atoms with Crippen LogP contribution in [0, 0.1) is 17.2 Å². The average molecular weight is 437 g/mol. The van der Waals surface area contributed by atoms with E-state index >= 15 is 0 Å². The first-order valence-corrected chi connectivity index (χ1v) is 10.5. The number of fused-ring (bicyclic) bond motifs is 1. The zero-order chi connectivity index (χ0) is 22.5. The lowest BCUT2D eigenvalue weighted by Crippen LogP contribution is -2.11. The molecular formula is C24H21F2N3O3. The predicted molar refractivity (Wildman–Crippen MR) is 112 cm³/mol. The minimum atomic E-state index is -3.08. The largest absolute Gasteiger partial charge is 0.496 e. The van der Waals surface area contributed by atoms with Crippen LogP contribution in [0.5, 0.6) is 11.5 Å². The minimum Gasteiger partial charge on any atom is -0.496 e. The maximum atomic E-state index is 13.2. The van der Waals surface area contributed by atoms with Crippen LogP contribution in [-0.2, 0) is 5.41 Å². The molecule has 0 aliphatic heterocycles. The second kappa shape index (κ2) is 7.59. The molecule has 2 saturated carbocycles. The molecule has 6 nitrogen and oxygen atoms in total. The van der Waals surface area contributed by atoms with Crippen molar-refractivity contribution in [2.24, 2.45) is 5.92 Å². The molecule has 2 fully saturated rings. The molecule has 0 saturated heterocycles. The quantitative estimate of drug-likeness (QED) is 0.456. The smallest absolute Gasteiger partial charge is 0.387 e. The van der Waals surface area contributed by atoms with E-state index in [2.05, 4.69) is 11.1 Å². The normalized spacial score (nSPS) is 16.7. The van der Waals surface area contributed by atoms with E-state index in [0.29, 0.717) is 22.8 Å². The Morgan fingerprint density at radius 1 is 1.31 bits per heavy atom. The Morgan fingerprint density at radius 2 is 2.06 bits per heavy atom. The van der Waals surface area contributed by atoms with Gasteiger partial charge in [0.1, 0.15) is 22.7 Å². The number of hydrogen-bond acceptors (Lipinski definition) is 5. The van der Waals surface area contributed by atoms with E-state index in [-0.39, 0.29) is 29.3 Å². The van der Waals surface area contributed by atoms with Gasteiger partial charge >= 0.3 is 6.61 Å². The van der Waals surface area contributed by atoms with Gasteiger partial charge in [0, 0.05) is 18.2 Å². The van der Waals surface area contributed by atoms with E-state index in [4.69, 9.17) is 9.47 Å². The SMILES string of the molecule is COc1cc(-c2cnc3cc(C4(C#N)CC4)ccn23)cc(OC(F)F)c1C(=O)CC1CC1. The first-order chi connectivity index (χ1) is 15.4. The summed E-state index contributed by atoms with van der Waals surface area (Å²) in [6.07, 6.45) is 7.31. The van der Waals surface area contributed by atoms with Crippen LogP contribution in [0.15, 0.2) is 36.7 Å². The van der Waals surface area contributed by atoms with Crippen LogP contribution in [-0.4, -0.2) is 28.9 Å². The average Bonchev–Trinajstić information content (AvgIpc) is 3.70. The summed E-state index contributed by atoms with van der Waals surface area (Å²) < 4.78 is 38.3. The summed E-state index contributed by atoms with van der Waals surface area (Å²) in [5.74, 6) is 0.0211. The fourth-order valence-corrected chi connectivity index (χ4v) is 4.13. The van der Waals surface area contributed by atoms with E-state index in [1.807, 2.05) is 22.7 Å². The minimum absolute atomic E-state index is 0.0456. The third-order valence-corrected chi connectivity index (χ3v) is 6.28. The summed E-state index contributed by atoms with van der Waals surface area (Å²) in [5, 5.41) is 9.46.